The molecule has 0 radical (unpaired) electrons. The summed E-state index contributed by atoms with van der Waals surface area (Å²) in [5.74, 6) is 1.34. The SMILES string of the molecule is CCC(C)Oc1cccc(Nc2ncc(N)cn2)c1. The Bertz CT molecular complexity index is 527. The van der Waals surface area contributed by atoms with Crippen LogP contribution in [-0.4, -0.2) is 16.1 Å². The van der Waals surface area contributed by atoms with E-state index in [1.807, 2.05) is 31.2 Å². The lowest BCUT2D eigenvalue weighted by atomic mass is 10.3. The van der Waals surface area contributed by atoms with Gasteiger partial charge < -0.3 is 15.8 Å². The highest BCUT2D eigenvalue weighted by molar-refractivity contribution is 5.56. The molecule has 3 N–H and O–H groups in total. The van der Waals surface area contributed by atoms with Gasteiger partial charge in [-0.2, -0.15) is 0 Å². The number of hydrogen-bond acceptors (Lipinski definition) is 5. The van der Waals surface area contributed by atoms with Crippen molar-refractivity contribution in [2.75, 3.05) is 11.1 Å². The molecule has 0 aliphatic carbocycles. The van der Waals surface area contributed by atoms with Crippen molar-refractivity contribution in [3.05, 3.63) is 36.7 Å². The van der Waals surface area contributed by atoms with Crippen LogP contribution in [-0.2, 0) is 0 Å². The van der Waals surface area contributed by atoms with Gasteiger partial charge in [0.15, 0.2) is 0 Å². The molecule has 0 fully saturated rings. The summed E-state index contributed by atoms with van der Waals surface area (Å²) in [7, 11) is 0. The molecule has 1 heterocycles. The van der Waals surface area contributed by atoms with Gasteiger partial charge in [0.25, 0.3) is 0 Å². The van der Waals surface area contributed by atoms with E-state index in [-0.39, 0.29) is 6.10 Å². The molecule has 0 amide bonds. The van der Waals surface area contributed by atoms with Crippen LogP contribution in [0.15, 0.2) is 36.7 Å². The molecule has 19 heavy (non-hydrogen) atoms. The number of rotatable bonds is 5. The quantitative estimate of drug-likeness (QED) is 0.862. The van der Waals surface area contributed by atoms with Gasteiger partial charge >= 0.3 is 0 Å². The maximum Gasteiger partial charge on any atom is 0.227 e. The normalized spacial score (nSPS) is 11.9. The van der Waals surface area contributed by atoms with Crippen molar-refractivity contribution in [3.63, 3.8) is 0 Å². The molecule has 0 saturated heterocycles. The second-order valence-corrected chi connectivity index (χ2v) is 4.33. The summed E-state index contributed by atoms with van der Waals surface area (Å²) >= 11 is 0. The van der Waals surface area contributed by atoms with Crippen LogP contribution >= 0.6 is 0 Å². The van der Waals surface area contributed by atoms with Gasteiger partial charge in [0.05, 0.1) is 24.2 Å². The molecule has 5 nitrogen and oxygen atoms in total. The van der Waals surface area contributed by atoms with Crippen LogP contribution in [0.1, 0.15) is 20.3 Å². The van der Waals surface area contributed by atoms with Gasteiger partial charge in [-0.1, -0.05) is 13.0 Å². The predicted octanol–water partition coefficient (Wildman–Crippen LogP) is 2.98. The number of hydrogen-bond donors (Lipinski definition) is 2. The molecule has 0 saturated carbocycles. The van der Waals surface area contributed by atoms with Crippen LogP contribution in [0.2, 0.25) is 0 Å². The number of nitrogens with two attached hydrogens (primary N) is 1. The number of nitrogens with zero attached hydrogens (tertiary/aromatic N) is 2. The molecule has 1 unspecified atom stereocenters. The molecule has 2 rings (SSSR count). The standard InChI is InChI=1S/C14H18N4O/c1-3-10(2)19-13-6-4-5-12(7-13)18-14-16-8-11(15)9-17-14/h4-10H,3,15H2,1-2H3,(H,16,17,18). The Morgan fingerprint density at radius 2 is 2.05 bits per heavy atom. The number of aromatic nitrogens is 2. The maximum absolute atomic E-state index is 5.76. The molecule has 0 aliphatic heterocycles. The minimum absolute atomic E-state index is 0.197. The molecular weight excluding hydrogens is 240 g/mol. The summed E-state index contributed by atoms with van der Waals surface area (Å²) in [5, 5.41) is 3.10. The van der Waals surface area contributed by atoms with Gasteiger partial charge in [-0.05, 0) is 25.5 Å². The van der Waals surface area contributed by atoms with E-state index in [1.54, 1.807) is 12.4 Å². The van der Waals surface area contributed by atoms with Crippen molar-refractivity contribution < 1.29 is 4.74 Å². The first-order chi connectivity index (χ1) is 9.17. The van der Waals surface area contributed by atoms with E-state index in [4.69, 9.17) is 10.5 Å². The zero-order valence-electron chi connectivity index (χ0n) is 11.1. The molecule has 1 atom stereocenters. The summed E-state index contributed by atoms with van der Waals surface area (Å²) in [6.07, 6.45) is 4.30. The van der Waals surface area contributed by atoms with Gasteiger partial charge in [-0.3, -0.25) is 0 Å². The molecular formula is C14H18N4O. The number of nitrogen functional groups attached to an aromatic ring is 1. The molecule has 0 aliphatic rings. The fourth-order valence-electron chi connectivity index (χ4n) is 1.49. The monoisotopic (exact) mass is 258 g/mol. The minimum Gasteiger partial charge on any atom is -0.491 e. The molecule has 2 aromatic rings. The average Bonchev–Trinajstić information content (AvgIpc) is 2.42. The lowest BCUT2D eigenvalue weighted by Gasteiger charge is -2.13. The van der Waals surface area contributed by atoms with Crippen molar-refractivity contribution in [1.82, 2.24) is 9.97 Å². The van der Waals surface area contributed by atoms with Crippen LogP contribution in [0.5, 0.6) is 5.75 Å². The summed E-state index contributed by atoms with van der Waals surface area (Å²) in [6, 6.07) is 7.72. The molecule has 0 spiro atoms. The second kappa shape index (κ2) is 6.04. The second-order valence-electron chi connectivity index (χ2n) is 4.33. The highest BCUT2D eigenvalue weighted by Gasteiger charge is 2.03. The Hall–Kier alpha value is -2.30. The summed E-state index contributed by atoms with van der Waals surface area (Å²) in [4.78, 5) is 8.18. The van der Waals surface area contributed by atoms with Crippen LogP contribution in [0.3, 0.4) is 0 Å². The zero-order chi connectivity index (χ0) is 13.7. The van der Waals surface area contributed by atoms with Crippen LogP contribution in [0.4, 0.5) is 17.3 Å². The number of nitrogens with one attached hydrogen (secondary N) is 1. The summed E-state index contributed by atoms with van der Waals surface area (Å²) in [6.45, 7) is 4.14. The first kappa shape index (κ1) is 13.1. The highest BCUT2D eigenvalue weighted by Crippen LogP contribution is 2.21. The Balaban J connectivity index is 2.08. The predicted molar refractivity (Wildman–Crippen MR) is 76.6 cm³/mol. The third kappa shape index (κ3) is 3.84. The smallest absolute Gasteiger partial charge is 0.227 e. The third-order valence-electron chi connectivity index (χ3n) is 2.67. The Morgan fingerprint density at radius 1 is 1.32 bits per heavy atom. The first-order valence-electron chi connectivity index (χ1n) is 6.28. The largest absolute Gasteiger partial charge is 0.491 e. The summed E-state index contributed by atoms with van der Waals surface area (Å²) < 4.78 is 5.76. The summed E-state index contributed by atoms with van der Waals surface area (Å²) in [5.41, 5.74) is 6.96. The topological polar surface area (TPSA) is 73.1 Å². The van der Waals surface area contributed by atoms with Crippen molar-refractivity contribution >= 4 is 17.3 Å². The highest BCUT2D eigenvalue weighted by atomic mass is 16.5. The van der Waals surface area contributed by atoms with Gasteiger partial charge in [0, 0.05) is 11.8 Å². The zero-order valence-corrected chi connectivity index (χ0v) is 11.1. The number of benzene rings is 1. The minimum atomic E-state index is 0.197. The molecule has 0 bridgehead atoms. The van der Waals surface area contributed by atoms with Crippen molar-refractivity contribution in [2.24, 2.45) is 0 Å². The molecule has 5 heteroatoms. The lowest BCUT2D eigenvalue weighted by molar-refractivity contribution is 0.217. The van der Waals surface area contributed by atoms with E-state index in [2.05, 4.69) is 22.2 Å². The van der Waals surface area contributed by atoms with E-state index < -0.39 is 0 Å². The van der Waals surface area contributed by atoms with Crippen molar-refractivity contribution in [2.45, 2.75) is 26.4 Å². The van der Waals surface area contributed by atoms with Gasteiger partial charge in [0.1, 0.15) is 5.75 Å². The fraction of sp³-hybridized carbons (Fsp3) is 0.286. The van der Waals surface area contributed by atoms with Gasteiger partial charge in [0.2, 0.25) is 5.95 Å². The third-order valence-corrected chi connectivity index (χ3v) is 2.67. The Morgan fingerprint density at radius 3 is 2.74 bits per heavy atom. The maximum atomic E-state index is 5.76. The Kier molecular flexibility index (Phi) is 4.18. The van der Waals surface area contributed by atoms with Crippen molar-refractivity contribution in [3.8, 4) is 5.75 Å². The average molecular weight is 258 g/mol. The molecule has 100 valence electrons. The van der Waals surface area contributed by atoms with Crippen LogP contribution in [0, 0.1) is 0 Å². The first-order valence-corrected chi connectivity index (χ1v) is 6.28. The molecule has 1 aromatic heterocycles. The Labute approximate surface area is 112 Å². The van der Waals surface area contributed by atoms with Crippen LogP contribution in [0.25, 0.3) is 0 Å². The fourth-order valence-corrected chi connectivity index (χ4v) is 1.49. The van der Waals surface area contributed by atoms with E-state index in [9.17, 15) is 0 Å². The molecule has 1 aromatic carbocycles. The van der Waals surface area contributed by atoms with E-state index in [0.29, 0.717) is 11.6 Å². The van der Waals surface area contributed by atoms with E-state index >= 15 is 0 Å². The van der Waals surface area contributed by atoms with E-state index in [1.165, 1.54) is 0 Å². The lowest BCUT2D eigenvalue weighted by Crippen LogP contribution is -2.09. The number of anilines is 3. The van der Waals surface area contributed by atoms with E-state index in [0.717, 1.165) is 17.9 Å². The number of ether oxygens (including phenoxy) is 1. The van der Waals surface area contributed by atoms with Gasteiger partial charge in [-0.15, -0.1) is 0 Å². The van der Waals surface area contributed by atoms with Crippen molar-refractivity contribution in [1.29, 1.82) is 0 Å². The van der Waals surface area contributed by atoms with Crippen LogP contribution < -0.4 is 15.8 Å². The van der Waals surface area contributed by atoms with Gasteiger partial charge in [-0.25, -0.2) is 9.97 Å².